The Morgan fingerprint density at radius 3 is 2.89 bits per heavy atom. The van der Waals surface area contributed by atoms with E-state index in [0.29, 0.717) is 6.61 Å². The molecule has 4 heteroatoms. The van der Waals surface area contributed by atoms with Crippen LogP contribution in [0.1, 0.15) is 29.3 Å². The Kier molecular flexibility index (Phi) is 5.36. The highest BCUT2D eigenvalue weighted by molar-refractivity contribution is 7.11. The molecule has 0 saturated heterocycles. The molecular weight excluding hydrogens is 256 g/mol. The van der Waals surface area contributed by atoms with E-state index >= 15 is 0 Å². The Hall–Kier alpha value is -1.39. The Balaban J connectivity index is 1.83. The zero-order valence-electron chi connectivity index (χ0n) is 11.5. The number of aromatic nitrogens is 1. The highest BCUT2D eigenvalue weighted by Crippen LogP contribution is 2.15. The fraction of sp³-hybridized carbons (Fsp3) is 0.400. The van der Waals surface area contributed by atoms with Crippen molar-refractivity contribution >= 4 is 11.3 Å². The van der Waals surface area contributed by atoms with Gasteiger partial charge in [-0.2, -0.15) is 0 Å². The van der Waals surface area contributed by atoms with Gasteiger partial charge in [0.25, 0.3) is 0 Å². The molecule has 0 aliphatic carbocycles. The molecule has 0 atom stereocenters. The molecule has 0 radical (unpaired) electrons. The number of aryl methyl sites for hydroxylation is 1. The highest BCUT2D eigenvalue weighted by Gasteiger charge is 2.00. The molecule has 1 aromatic heterocycles. The molecule has 1 aromatic carbocycles. The van der Waals surface area contributed by atoms with Gasteiger partial charge in [0.05, 0.1) is 11.6 Å². The number of nitrogens with zero attached hydrogens (tertiary/aromatic N) is 1. The van der Waals surface area contributed by atoms with Crippen LogP contribution in [0.25, 0.3) is 0 Å². The molecule has 19 heavy (non-hydrogen) atoms. The van der Waals surface area contributed by atoms with Gasteiger partial charge in [-0.3, -0.25) is 0 Å². The first-order valence-electron chi connectivity index (χ1n) is 6.67. The van der Waals surface area contributed by atoms with E-state index in [1.807, 2.05) is 25.3 Å². The van der Waals surface area contributed by atoms with Crippen LogP contribution in [0.15, 0.2) is 30.5 Å². The number of rotatable bonds is 7. The average molecular weight is 276 g/mol. The lowest BCUT2D eigenvalue weighted by Gasteiger charge is -2.06. The minimum atomic E-state index is 0.706. The van der Waals surface area contributed by atoms with E-state index in [1.54, 1.807) is 11.3 Å². The van der Waals surface area contributed by atoms with Crippen LogP contribution >= 0.6 is 11.3 Å². The molecule has 102 valence electrons. The van der Waals surface area contributed by atoms with E-state index in [4.69, 9.17) is 4.74 Å². The maximum atomic E-state index is 5.49. The second-order valence-electron chi connectivity index (χ2n) is 4.26. The Morgan fingerprint density at radius 2 is 2.16 bits per heavy atom. The van der Waals surface area contributed by atoms with Crippen LogP contribution in [-0.2, 0) is 19.5 Å². The number of hydrogen-bond acceptors (Lipinski definition) is 4. The summed E-state index contributed by atoms with van der Waals surface area (Å²) in [6.45, 7) is 6.56. The molecule has 0 bridgehead atoms. The maximum Gasteiger partial charge on any atom is 0.119 e. The van der Waals surface area contributed by atoms with Gasteiger partial charge in [0.2, 0.25) is 0 Å². The Morgan fingerprint density at radius 1 is 1.26 bits per heavy atom. The van der Waals surface area contributed by atoms with Crippen molar-refractivity contribution in [3.05, 3.63) is 45.9 Å². The Bertz CT molecular complexity index is 510. The zero-order chi connectivity index (χ0) is 13.5. The van der Waals surface area contributed by atoms with E-state index in [2.05, 4.69) is 29.4 Å². The van der Waals surface area contributed by atoms with Gasteiger partial charge in [0, 0.05) is 24.2 Å². The van der Waals surface area contributed by atoms with Gasteiger partial charge in [-0.25, -0.2) is 4.98 Å². The molecular formula is C15H20N2OS. The van der Waals surface area contributed by atoms with Crippen molar-refractivity contribution in [3.8, 4) is 5.75 Å². The minimum Gasteiger partial charge on any atom is -0.494 e. The summed E-state index contributed by atoms with van der Waals surface area (Å²) in [6, 6.07) is 8.22. The van der Waals surface area contributed by atoms with E-state index < -0.39 is 0 Å². The zero-order valence-corrected chi connectivity index (χ0v) is 12.3. The van der Waals surface area contributed by atoms with E-state index in [0.717, 1.165) is 25.3 Å². The molecule has 0 aliphatic rings. The lowest BCUT2D eigenvalue weighted by atomic mass is 10.2. The molecule has 1 N–H and O–H groups in total. The summed E-state index contributed by atoms with van der Waals surface area (Å²) >= 11 is 1.78. The molecule has 2 rings (SSSR count). The van der Waals surface area contributed by atoms with Crippen LogP contribution in [0.3, 0.4) is 0 Å². The third-order valence-electron chi connectivity index (χ3n) is 2.74. The van der Waals surface area contributed by atoms with Crippen molar-refractivity contribution < 1.29 is 4.74 Å². The number of ether oxygens (including phenoxy) is 1. The summed E-state index contributed by atoms with van der Waals surface area (Å²) in [7, 11) is 0. The summed E-state index contributed by atoms with van der Waals surface area (Å²) in [5, 5.41) is 4.64. The third-order valence-corrected chi connectivity index (χ3v) is 3.88. The van der Waals surface area contributed by atoms with Crippen LogP contribution in [0, 0.1) is 0 Å². The van der Waals surface area contributed by atoms with Crippen molar-refractivity contribution in [2.45, 2.75) is 33.4 Å². The van der Waals surface area contributed by atoms with Crippen LogP contribution in [0.5, 0.6) is 5.75 Å². The second kappa shape index (κ2) is 7.26. The van der Waals surface area contributed by atoms with Gasteiger partial charge < -0.3 is 10.1 Å². The maximum absolute atomic E-state index is 5.49. The second-order valence-corrected chi connectivity index (χ2v) is 5.46. The standard InChI is InChI=1S/C15H20N2OS/c1-3-15-17-11-14(19-15)10-16-9-12-6-5-7-13(8-12)18-4-2/h5-8,11,16H,3-4,9-10H2,1-2H3. The molecule has 0 spiro atoms. The summed E-state index contributed by atoms with van der Waals surface area (Å²) in [4.78, 5) is 5.65. The van der Waals surface area contributed by atoms with E-state index in [1.165, 1.54) is 15.4 Å². The first-order valence-corrected chi connectivity index (χ1v) is 7.49. The van der Waals surface area contributed by atoms with Crippen LogP contribution in [0.2, 0.25) is 0 Å². The lowest BCUT2D eigenvalue weighted by Crippen LogP contribution is -2.11. The molecule has 1 heterocycles. The summed E-state index contributed by atoms with van der Waals surface area (Å²) < 4.78 is 5.49. The van der Waals surface area contributed by atoms with Crippen molar-refractivity contribution in [2.24, 2.45) is 0 Å². The average Bonchev–Trinajstić information content (AvgIpc) is 2.88. The van der Waals surface area contributed by atoms with Crippen molar-refractivity contribution in [1.29, 1.82) is 0 Å². The van der Waals surface area contributed by atoms with Crippen LogP contribution < -0.4 is 10.1 Å². The van der Waals surface area contributed by atoms with Gasteiger partial charge in [0.1, 0.15) is 5.75 Å². The molecule has 2 aromatic rings. The van der Waals surface area contributed by atoms with E-state index in [-0.39, 0.29) is 0 Å². The van der Waals surface area contributed by atoms with Crippen LogP contribution in [-0.4, -0.2) is 11.6 Å². The number of benzene rings is 1. The molecule has 0 unspecified atom stereocenters. The van der Waals surface area contributed by atoms with Crippen molar-refractivity contribution in [3.63, 3.8) is 0 Å². The predicted molar refractivity (Wildman–Crippen MR) is 79.6 cm³/mol. The quantitative estimate of drug-likeness (QED) is 0.841. The number of thiazole rings is 1. The van der Waals surface area contributed by atoms with Gasteiger partial charge in [-0.15, -0.1) is 11.3 Å². The van der Waals surface area contributed by atoms with Crippen molar-refractivity contribution in [2.75, 3.05) is 6.61 Å². The SMILES string of the molecule is CCOc1cccc(CNCc2cnc(CC)s2)c1. The Labute approximate surface area is 118 Å². The molecule has 0 saturated carbocycles. The fourth-order valence-corrected chi connectivity index (χ4v) is 2.67. The van der Waals surface area contributed by atoms with Gasteiger partial charge in [-0.1, -0.05) is 19.1 Å². The molecule has 0 fully saturated rings. The molecule has 3 nitrogen and oxygen atoms in total. The van der Waals surface area contributed by atoms with Gasteiger partial charge >= 0.3 is 0 Å². The largest absolute Gasteiger partial charge is 0.494 e. The molecule has 0 aliphatic heterocycles. The van der Waals surface area contributed by atoms with Crippen molar-refractivity contribution in [1.82, 2.24) is 10.3 Å². The smallest absolute Gasteiger partial charge is 0.119 e. The topological polar surface area (TPSA) is 34.1 Å². The fourth-order valence-electron chi connectivity index (χ4n) is 1.84. The number of nitrogens with one attached hydrogen (secondary N) is 1. The lowest BCUT2D eigenvalue weighted by molar-refractivity contribution is 0.340. The summed E-state index contributed by atoms with van der Waals surface area (Å²) in [5.41, 5.74) is 1.24. The normalized spacial score (nSPS) is 10.6. The van der Waals surface area contributed by atoms with Gasteiger partial charge in [0.15, 0.2) is 0 Å². The summed E-state index contributed by atoms with van der Waals surface area (Å²) in [6.07, 6.45) is 2.98. The third kappa shape index (κ3) is 4.33. The van der Waals surface area contributed by atoms with Gasteiger partial charge in [-0.05, 0) is 31.0 Å². The molecule has 0 amide bonds. The van der Waals surface area contributed by atoms with Crippen LogP contribution in [0.4, 0.5) is 0 Å². The summed E-state index contributed by atoms with van der Waals surface area (Å²) in [5.74, 6) is 0.938. The minimum absolute atomic E-state index is 0.706. The number of hydrogen-bond donors (Lipinski definition) is 1. The highest BCUT2D eigenvalue weighted by atomic mass is 32.1. The van der Waals surface area contributed by atoms with E-state index in [9.17, 15) is 0 Å². The first kappa shape index (κ1) is 14.0. The predicted octanol–water partition coefficient (Wildman–Crippen LogP) is 3.39. The first-order chi connectivity index (χ1) is 9.31. The monoisotopic (exact) mass is 276 g/mol.